The highest BCUT2D eigenvalue weighted by Crippen LogP contribution is 2.24. The van der Waals surface area contributed by atoms with E-state index >= 15 is 0 Å². The molecule has 1 N–H and O–H groups in total. The van der Waals surface area contributed by atoms with Gasteiger partial charge in [0.2, 0.25) is 5.78 Å². The summed E-state index contributed by atoms with van der Waals surface area (Å²) >= 11 is 0. The number of hydrogen-bond donors (Lipinski definition) is 1. The fraction of sp³-hybridized carbons (Fsp3) is 0.240. The van der Waals surface area contributed by atoms with Crippen molar-refractivity contribution in [1.29, 1.82) is 0 Å². The normalized spacial score (nSPS) is 16.7. The van der Waals surface area contributed by atoms with E-state index in [1.165, 1.54) is 5.56 Å². The molecule has 1 aromatic carbocycles. The molecule has 5 nitrogen and oxygen atoms in total. The largest absolute Gasteiger partial charge is 0.353 e. The van der Waals surface area contributed by atoms with Crippen molar-refractivity contribution in [1.82, 2.24) is 15.3 Å². The molecule has 0 amide bonds. The number of hydrogen-bond acceptors (Lipinski definition) is 5. The molecule has 1 saturated heterocycles. The Hall–Kier alpha value is -3.31. The zero-order chi connectivity index (χ0) is 20.9. The number of nitrogens with one attached hydrogen (secondary N) is 1. The van der Waals surface area contributed by atoms with Gasteiger partial charge in [0.1, 0.15) is 11.5 Å². The quantitative estimate of drug-likeness (QED) is 0.627. The lowest BCUT2D eigenvalue weighted by Gasteiger charge is -2.35. The number of aromatic nitrogens is 2. The van der Waals surface area contributed by atoms with E-state index in [1.54, 1.807) is 12.3 Å². The van der Waals surface area contributed by atoms with Crippen LogP contribution in [0.25, 0.3) is 6.08 Å². The van der Waals surface area contributed by atoms with Gasteiger partial charge in [0.15, 0.2) is 0 Å². The highest BCUT2D eigenvalue weighted by molar-refractivity contribution is 6.10. The van der Waals surface area contributed by atoms with Gasteiger partial charge >= 0.3 is 0 Å². The lowest BCUT2D eigenvalue weighted by Crippen LogP contribution is -2.46. The molecule has 1 aliphatic rings. The van der Waals surface area contributed by atoms with Gasteiger partial charge in [0, 0.05) is 51.5 Å². The van der Waals surface area contributed by atoms with E-state index < -0.39 is 0 Å². The Morgan fingerprint density at radius 1 is 1.17 bits per heavy atom. The van der Waals surface area contributed by atoms with E-state index in [0.717, 1.165) is 31.0 Å². The summed E-state index contributed by atoms with van der Waals surface area (Å²) in [5.74, 6) is 0.737. The molecule has 1 atom stereocenters. The fourth-order valence-corrected chi connectivity index (χ4v) is 3.85. The smallest absolute Gasteiger partial charge is 0.213 e. The van der Waals surface area contributed by atoms with E-state index in [2.05, 4.69) is 39.5 Å². The number of benzene rings is 1. The molecule has 2 aromatic heterocycles. The molecule has 3 aromatic rings. The number of aryl methyl sites for hydroxylation is 1. The van der Waals surface area contributed by atoms with Gasteiger partial charge in [-0.2, -0.15) is 0 Å². The summed E-state index contributed by atoms with van der Waals surface area (Å²) in [6.45, 7) is 6.31. The molecule has 0 spiro atoms. The van der Waals surface area contributed by atoms with Crippen LogP contribution in [-0.2, 0) is 0 Å². The second-order valence-corrected chi connectivity index (χ2v) is 7.44. The van der Waals surface area contributed by atoms with E-state index in [1.807, 2.05) is 50.3 Å². The van der Waals surface area contributed by atoms with Crippen LogP contribution in [-0.4, -0.2) is 35.4 Å². The van der Waals surface area contributed by atoms with Crippen LogP contribution >= 0.6 is 0 Å². The number of ketones is 1. The van der Waals surface area contributed by atoms with Gasteiger partial charge in [-0.05, 0) is 43.7 Å². The van der Waals surface area contributed by atoms with Crippen LogP contribution in [0, 0.1) is 6.92 Å². The van der Waals surface area contributed by atoms with Crippen molar-refractivity contribution in [3.8, 4) is 0 Å². The number of rotatable bonds is 5. The summed E-state index contributed by atoms with van der Waals surface area (Å²) in [5.41, 5.74) is 3.86. The number of nitrogens with zero attached hydrogens (tertiary/aromatic N) is 3. The average molecular weight is 403 g/mol. The highest BCUT2D eigenvalue weighted by atomic mass is 16.1. The number of anilines is 1. The van der Waals surface area contributed by atoms with Crippen LogP contribution in [0.4, 0.5) is 5.82 Å². The van der Waals surface area contributed by atoms with Crippen LogP contribution in [0.15, 0.2) is 66.9 Å². The van der Waals surface area contributed by atoms with Crippen LogP contribution < -0.4 is 10.2 Å². The maximum Gasteiger partial charge on any atom is 0.213 e. The number of carbonyl (C=O) groups excluding carboxylic acids is 1. The topological polar surface area (TPSA) is 58.1 Å². The minimum Gasteiger partial charge on any atom is -0.353 e. The van der Waals surface area contributed by atoms with Crippen LogP contribution in [0.3, 0.4) is 0 Å². The minimum absolute atomic E-state index is 0. The van der Waals surface area contributed by atoms with Gasteiger partial charge in [-0.3, -0.25) is 9.78 Å². The molecular formula is C25H30N4O. The van der Waals surface area contributed by atoms with E-state index in [0.29, 0.717) is 17.0 Å². The van der Waals surface area contributed by atoms with Crippen molar-refractivity contribution < 1.29 is 7.65 Å². The number of allylic oxidation sites excluding steroid dienone is 1. The summed E-state index contributed by atoms with van der Waals surface area (Å²) in [7, 11) is 0. The molecule has 0 saturated carbocycles. The molecule has 0 radical (unpaired) electrons. The molecule has 0 aliphatic carbocycles. The average Bonchev–Trinajstić information content (AvgIpc) is 2.80. The zero-order valence-electron chi connectivity index (χ0n) is 17.4. The van der Waals surface area contributed by atoms with Crippen molar-refractivity contribution in [2.24, 2.45) is 0 Å². The van der Waals surface area contributed by atoms with Crippen LogP contribution in [0.2, 0.25) is 0 Å². The van der Waals surface area contributed by atoms with Gasteiger partial charge in [0.05, 0.1) is 0 Å². The Morgan fingerprint density at radius 3 is 2.77 bits per heavy atom. The third-order valence-electron chi connectivity index (χ3n) is 5.43. The van der Waals surface area contributed by atoms with Crippen molar-refractivity contribution in [3.05, 3.63) is 94.9 Å². The predicted molar refractivity (Wildman–Crippen MR) is 125 cm³/mol. The molecule has 156 valence electrons. The molecule has 30 heavy (non-hydrogen) atoms. The number of carbonyl (C=O) groups is 1. The maximum absolute atomic E-state index is 13.3. The minimum atomic E-state index is -0.0923. The third kappa shape index (κ3) is 4.16. The highest BCUT2D eigenvalue weighted by Gasteiger charge is 2.24. The molecule has 3 heterocycles. The summed E-state index contributed by atoms with van der Waals surface area (Å²) in [5, 5.41) is 3.58. The second kappa shape index (κ2) is 9.01. The van der Waals surface area contributed by atoms with Gasteiger partial charge in [-0.1, -0.05) is 42.5 Å². The SMILES string of the molecule is C/C=C\c1ccc(N2CCNC(c3ccccc3)C2)nc1C(=O)c1cccnc1C.[HH].[HH]. The Kier molecular flexibility index (Phi) is 6.00. The first-order valence-corrected chi connectivity index (χ1v) is 10.3. The van der Waals surface area contributed by atoms with Gasteiger partial charge in [0.25, 0.3) is 0 Å². The molecular weight excluding hydrogens is 372 g/mol. The fourth-order valence-electron chi connectivity index (χ4n) is 3.85. The number of piperazine rings is 1. The third-order valence-corrected chi connectivity index (χ3v) is 5.43. The summed E-state index contributed by atoms with van der Waals surface area (Å²) in [6, 6.07) is 18.3. The maximum atomic E-state index is 13.3. The molecule has 0 bridgehead atoms. The van der Waals surface area contributed by atoms with Gasteiger partial charge in [-0.15, -0.1) is 0 Å². The van der Waals surface area contributed by atoms with Gasteiger partial charge in [-0.25, -0.2) is 4.98 Å². The standard InChI is InChI=1S/C25H26N4O.2H2/c1-3-8-20-12-13-23(28-24(20)25(30)21-11-7-14-26-18(21)2)29-16-15-27-22(17-29)19-9-5-4-6-10-19;;/h3-14,22,27H,15-17H2,1-2H3;2*1H/b8-3-;;. The van der Waals surface area contributed by atoms with Gasteiger partial charge < -0.3 is 10.2 Å². The number of pyridine rings is 2. The van der Waals surface area contributed by atoms with Crippen LogP contribution in [0.5, 0.6) is 0 Å². The first kappa shape index (κ1) is 20.0. The summed E-state index contributed by atoms with van der Waals surface area (Å²) in [4.78, 5) is 24.7. The molecule has 1 aliphatic heterocycles. The predicted octanol–water partition coefficient (Wildman–Crippen LogP) is 4.69. The monoisotopic (exact) mass is 402 g/mol. The van der Waals surface area contributed by atoms with E-state index in [9.17, 15) is 4.79 Å². The first-order valence-electron chi connectivity index (χ1n) is 10.3. The lowest BCUT2D eigenvalue weighted by molar-refractivity contribution is 0.103. The summed E-state index contributed by atoms with van der Waals surface area (Å²) < 4.78 is 0. The Balaban J connectivity index is 0.00000181. The first-order chi connectivity index (χ1) is 14.7. The molecule has 5 heteroatoms. The van der Waals surface area contributed by atoms with Crippen molar-refractivity contribution in [2.45, 2.75) is 19.9 Å². The van der Waals surface area contributed by atoms with Crippen molar-refractivity contribution in [2.75, 3.05) is 24.5 Å². The molecule has 1 fully saturated rings. The Bertz CT molecular complexity index is 1070. The van der Waals surface area contributed by atoms with Crippen molar-refractivity contribution >= 4 is 17.7 Å². The van der Waals surface area contributed by atoms with Crippen LogP contribution in [0.1, 0.15) is 48.7 Å². The lowest BCUT2D eigenvalue weighted by atomic mass is 10.0. The summed E-state index contributed by atoms with van der Waals surface area (Å²) in [6.07, 6.45) is 5.56. The van der Waals surface area contributed by atoms with E-state index in [4.69, 9.17) is 4.98 Å². The second-order valence-electron chi connectivity index (χ2n) is 7.44. The van der Waals surface area contributed by atoms with E-state index in [-0.39, 0.29) is 14.7 Å². The molecule has 1 unspecified atom stereocenters. The van der Waals surface area contributed by atoms with Crippen molar-refractivity contribution in [3.63, 3.8) is 0 Å². The Labute approximate surface area is 180 Å². The molecule has 4 rings (SSSR count). The Morgan fingerprint density at radius 2 is 2.00 bits per heavy atom. The zero-order valence-corrected chi connectivity index (χ0v) is 17.4.